The summed E-state index contributed by atoms with van der Waals surface area (Å²) in [6.07, 6.45) is 9.84. The Morgan fingerprint density at radius 2 is 1.71 bits per heavy atom. The zero-order valence-electron chi connectivity index (χ0n) is 19.1. The van der Waals surface area contributed by atoms with Crippen molar-refractivity contribution in [3.8, 4) is 0 Å². The minimum Gasteiger partial charge on any atom is -0.393 e. The first-order chi connectivity index (χ1) is 12.9. The summed E-state index contributed by atoms with van der Waals surface area (Å²) in [5.74, 6) is 1.09. The summed E-state index contributed by atoms with van der Waals surface area (Å²) < 4.78 is 0. The third-order valence-corrected chi connectivity index (χ3v) is 9.47. The molecule has 0 heterocycles. The number of hydrogen-bond acceptors (Lipinski definition) is 3. The minimum absolute atomic E-state index is 0.0423. The number of aliphatic hydroxyl groups is 3. The molecule has 3 aliphatic carbocycles. The molecule has 3 nitrogen and oxygen atoms in total. The van der Waals surface area contributed by atoms with Gasteiger partial charge in [-0.15, -0.1) is 0 Å². The van der Waals surface area contributed by atoms with Crippen molar-refractivity contribution in [3.63, 3.8) is 0 Å². The van der Waals surface area contributed by atoms with E-state index in [0.29, 0.717) is 11.8 Å². The summed E-state index contributed by atoms with van der Waals surface area (Å²) >= 11 is 0. The molecule has 162 valence electrons. The highest BCUT2D eigenvalue weighted by molar-refractivity contribution is 5.15. The van der Waals surface area contributed by atoms with Crippen LogP contribution in [0.15, 0.2) is 11.6 Å². The van der Waals surface area contributed by atoms with E-state index in [0.717, 1.165) is 32.1 Å². The van der Waals surface area contributed by atoms with Crippen molar-refractivity contribution in [1.82, 2.24) is 0 Å². The van der Waals surface area contributed by atoms with Gasteiger partial charge >= 0.3 is 0 Å². The third-order valence-electron chi connectivity index (χ3n) is 9.47. The summed E-state index contributed by atoms with van der Waals surface area (Å²) in [5.41, 5.74) is 0.808. The fourth-order valence-electron chi connectivity index (χ4n) is 8.58. The fourth-order valence-corrected chi connectivity index (χ4v) is 8.58. The number of fused-ring (bicyclic) bond motifs is 3. The minimum atomic E-state index is -0.683. The molecule has 0 aromatic heterocycles. The van der Waals surface area contributed by atoms with Crippen molar-refractivity contribution in [1.29, 1.82) is 0 Å². The molecule has 0 saturated heterocycles. The van der Waals surface area contributed by atoms with Gasteiger partial charge in [-0.1, -0.05) is 45.8 Å². The molecule has 3 aliphatic rings. The van der Waals surface area contributed by atoms with Crippen LogP contribution in [0.1, 0.15) is 92.9 Å². The van der Waals surface area contributed by atoms with Crippen LogP contribution in [0.2, 0.25) is 0 Å². The lowest BCUT2D eigenvalue weighted by Crippen LogP contribution is -2.66. The second-order valence-corrected chi connectivity index (χ2v) is 11.9. The maximum atomic E-state index is 11.4. The van der Waals surface area contributed by atoms with Gasteiger partial charge in [0.25, 0.3) is 0 Å². The van der Waals surface area contributed by atoms with E-state index in [-0.39, 0.29) is 34.9 Å². The molecule has 0 bridgehead atoms. The lowest BCUT2D eigenvalue weighted by atomic mass is 9.37. The summed E-state index contributed by atoms with van der Waals surface area (Å²) in [5, 5.41) is 32.0. The second-order valence-electron chi connectivity index (χ2n) is 11.9. The summed E-state index contributed by atoms with van der Waals surface area (Å²) in [4.78, 5) is 0. The molecule has 0 spiro atoms. The van der Waals surface area contributed by atoms with E-state index in [1.54, 1.807) is 0 Å². The van der Waals surface area contributed by atoms with Gasteiger partial charge in [0.05, 0.1) is 18.3 Å². The maximum Gasteiger partial charge on any atom is 0.0653 e. The van der Waals surface area contributed by atoms with Gasteiger partial charge in [0.2, 0.25) is 0 Å². The maximum absolute atomic E-state index is 11.4. The van der Waals surface area contributed by atoms with E-state index in [2.05, 4.69) is 34.6 Å². The predicted octanol–water partition coefficient (Wildman–Crippen LogP) is 5.09. The number of aliphatic hydroxyl groups excluding tert-OH is 2. The summed E-state index contributed by atoms with van der Waals surface area (Å²) in [6, 6.07) is 0. The molecule has 3 fully saturated rings. The van der Waals surface area contributed by atoms with Crippen molar-refractivity contribution in [2.24, 2.45) is 34.0 Å². The molecule has 0 radical (unpaired) electrons. The molecule has 0 aliphatic heterocycles. The van der Waals surface area contributed by atoms with Crippen molar-refractivity contribution < 1.29 is 15.3 Å². The average Bonchev–Trinajstić information content (AvgIpc) is 2.51. The molecule has 3 heteroatoms. The van der Waals surface area contributed by atoms with Crippen LogP contribution >= 0.6 is 0 Å². The highest BCUT2D eigenvalue weighted by Gasteiger charge is 2.66. The molecule has 0 aromatic rings. The zero-order valence-corrected chi connectivity index (χ0v) is 19.1. The van der Waals surface area contributed by atoms with Crippen molar-refractivity contribution in [2.45, 2.75) is 105 Å². The molecule has 0 unspecified atom stereocenters. The van der Waals surface area contributed by atoms with Gasteiger partial charge in [0.15, 0.2) is 0 Å². The molecule has 3 saturated carbocycles. The molecule has 28 heavy (non-hydrogen) atoms. The van der Waals surface area contributed by atoms with Crippen molar-refractivity contribution in [3.05, 3.63) is 11.6 Å². The van der Waals surface area contributed by atoms with Crippen LogP contribution in [-0.2, 0) is 0 Å². The Balaban J connectivity index is 1.97. The molecule has 7 atom stereocenters. The van der Waals surface area contributed by atoms with Gasteiger partial charge in [0.1, 0.15) is 0 Å². The Bertz CT molecular complexity index is 607. The van der Waals surface area contributed by atoms with Crippen LogP contribution in [0.4, 0.5) is 0 Å². The van der Waals surface area contributed by atoms with Crippen molar-refractivity contribution >= 4 is 0 Å². The number of allylic oxidation sites excluding steroid dienone is 1. The second kappa shape index (κ2) is 7.39. The Morgan fingerprint density at radius 3 is 2.36 bits per heavy atom. The van der Waals surface area contributed by atoms with Crippen LogP contribution in [0, 0.1) is 34.0 Å². The van der Waals surface area contributed by atoms with Crippen molar-refractivity contribution in [2.75, 3.05) is 6.61 Å². The first-order valence-corrected chi connectivity index (χ1v) is 11.6. The number of rotatable bonds is 4. The highest BCUT2D eigenvalue weighted by atomic mass is 16.3. The molecule has 0 amide bonds. The van der Waals surface area contributed by atoms with Gasteiger partial charge in [0, 0.05) is 0 Å². The first kappa shape index (κ1) is 22.3. The van der Waals surface area contributed by atoms with Crippen LogP contribution in [-0.4, -0.2) is 33.6 Å². The summed E-state index contributed by atoms with van der Waals surface area (Å²) in [7, 11) is 0. The zero-order chi connectivity index (χ0) is 21.0. The third kappa shape index (κ3) is 3.50. The monoisotopic (exact) mass is 392 g/mol. The van der Waals surface area contributed by atoms with Crippen LogP contribution in [0.3, 0.4) is 0 Å². The predicted molar refractivity (Wildman–Crippen MR) is 115 cm³/mol. The van der Waals surface area contributed by atoms with E-state index in [4.69, 9.17) is 0 Å². The Labute approximate surface area is 172 Å². The molecular formula is C25H44O3. The van der Waals surface area contributed by atoms with Crippen LogP contribution < -0.4 is 0 Å². The smallest absolute Gasteiger partial charge is 0.0653 e. The number of hydrogen-bond donors (Lipinski definition) is 3. The van der Waals surface area contributed by atoms with Crippen LogP contribution in [0.5, 0.6) is 0 Å². The fraction of sp³-hybridized carbons (Fsp3) is 0.920. The van der Waals surface area contributed by atoms with Crippen LogP contribution in [0.25, 0.3) is 0 Å². The molecule has 0 aromatic carbocycles. The van der Waals surface area contributed by atoms with E-state index < -0.39 is 5.60 Å². The lowest BCUT2D eigenvalue weighted by molar-refractivity contribution is -0.243. The van der Waals surface area contributed by atoms with E-state index in [1.807, 2.05) is 13.0 Å². The quantitative estimate of drug-likeness (QED) is 0.584. The topological polar surface area (TPSA) is 60.7 Å². The van der Waals surface area contributed by atoms with Gasteiger partial charge in [-0.2, -0.15) is 0 Å². The van der Waals surface area contributed by atoms with Gasteiger partial charge in [-0.3, -0.25) is 0 Å². The standard InChI is InChI=1S/C25H44O3/c1-17(11-15-26)8-9-20-24(5)16-18(27)21-22(2,3)12-7-13-23(21,4)19(24)10-14-25(20,6)28/h11,18-21,26-28H,7-10,12-16H2,1-6H3/b17-11-/t18-,19-,20-,21+,23+,24+,25-/m0/s1. The largest absolute Gasteiger partial charge is 0.393 e. The van der Waals surface area contributed by atoms with E-state index in [1.165, 1.54) is 24.8 Å². The normalized spacial score (nSPS) is 48.7. The Hall–Kier alpha value is -0.380. The Kier molecular flexibility index (Phi) is 5.89. The Morgan fingerprint density at radius 1 is 1.04 bits per heavy atom. The average molecular weight is 393 g/mol. The summed E-state index contributed by atoms with van der Waals surface area (Å²) in [6.45, 7) is 13.7. The molecule has 3 N–H and O–H groups in total. The highest BCUT2D eigenvalue weighted by Crippen LogP contribution is 2.70. The lowest BCUT2D eigenvalue weighted by Gasteiger charge is -2.68. The van der Waals surface area contributed by atoms with E-state index in [9.17, 15) is 15.3 Å². The van der Waals surface area contributed by atoms with Gasteiger partial charge < -0.3 is 15.3 Å². The molecular weight excluding hydrogens is 348 g/mol. The molecule has 3 rings (SSSR count). The first-order valence-electron chi connectivity index (χ1n) is 11.6. The van der Waals surface area contributed by atoms with E-state index >= 15 is 0 Å². The van der Waals surface area contributed by atoms with Gasteiger partial charge in [-0.25, -0.2) is 0 Å². The van der Waals surface area contributed by atoms with Gasteiger partial charge in [-0.05, 0) is 92.8 Å². The SMILES string of the molecule is C/C(=C/CO)CC[C@H]1[C@]2(C)C[C@H](O)[C@@H]3C(C)(C)CCC[C@]3(C)[C@@H]2CC[C@]1(C)O.